The van der Waals surface area contributed by atoms with Gasteiger partial charge in [0.05, 0.1) is 17.6 Å². The zero-order valence-corrected chi connectivity index (χ0v) is 18.3. The van der Waals surface area contributed by atoms with Crippen molar-refractivity contribution in [2.45, 2.75) is 32.2 Å². The number of anilines is 1. The zero-order valence-electron chi connectivity index (χ0n) is 17.6. The fourth-order valence-corrected chi connectivity index (χ4v) is 3.70. The second kappa shape index (κ2) is 8.58. The number of nitrogens with zero attached hydrogens (tertiary/aromatic N) is 3. The molecule has 2 aromatic heterocycles. The molecule has 9 nitrogen and oxygen atoms in total. The molecule has 10 heteroatoms. The van der Waals surface area contributed by atoms with Crippen molar-refractivity contribution < 1.29 is 14.3 Å². The van der Waals surface area contributed by atoms with Crippen molar-refractivity contribution in [3.05, 3.63) is 67.4 Å². The second-order valence-corrected chi connectivity index (χ2v) is 8.02. The molecule has 0 bridgehead atoms. The molecule has 0 radical (unpaired) electrons. The van der Waals surface area contributed by atoms with Crippen molar-refractivity contribution in [1.29, 1.82) is 0 Å². The molecule has 1 N–H and O–H groups in total. The van der Waals surface area contributed by atoms with Crippen LogP contribution in [0.5, 0.6) is 0 Å². The maximum absolute atomic E-state index is 13.3. The van der Waals surface area contributed by atoms with Gasteiger partial charge in [0, 0.05) is 29.4 Å². The summed E-state index contributed by atoms with van der Waals surface area (Å²) in [7, 11) is 1.45. The molecular formula is C22H21ClN4O5. The lowest BCUT2D eigenvalue weighted by atomic mass is 10.1. The summed E-state index contributed by atoms with van der Waals surface area (Å²) in [5.74, 6) is -1.08. The zero-order chi connectivity index (χ0) is 23.0. The first kappa shape index (κ1) is 21.8. The summed E-state index contributed by atoms with van der Waals surface area (Å²) in [6.07, 6.45) is 1.85. The Bertz CT molecular complexity index is 1360. The average Bonchev–Trinajstić information content (AvgIpc) is 3.60. The SMILES string of the molecule is CCOC(=O)c1cc(C2CC2)nc2c1c(=O)n(CC(=O)Nc1cccc(Cl)c1)c(=O)n2C. The maximum Gasteiger partial charge on any atom is 0.339 e. The third-order valence-corrected chi connectivity index (χ3v) is 5.45. The Hall–Kier alpha value is -3.46. The number of pyridine rings is 1. The lowest BCUT2D eigenvalue weighted by Crippen LogP contribution is -2.42. The Balaban J connectivity index is 1.81. The summed E-state index contributed by atoms with van der Waals surface area (Å²) in [6, 6.07) is 8.05. The molecule has 1 fully saturated rings. The van der Waals surface area contributed by atoms with Crippen LogP contribution in [0.3, 0.4) is 0 Å². The van der Waals surface area contributed by atoms with E-state index in [4.69, 9.17) is 16.3 Å². The van der Waals surface area contributed by atoms with E-state index in [1.165, 1.54) is 11.6 Å². The van der Waals surface area contributed by atoms with Crippen molar-refractivity contribution in [3.8, 4) is 0 Å². The van der Waals surface area contributed by atoms with E-state index in [1.54, 1.807) is 37.3 Å². The highest BCUT2D eigenvalue weighted by Gasteiger charge is 2.29. The van der Waals surface area contributed by atoms with E-state index in [9.17, 15) is 19.2 Å². The predicted octanol–water partition coefficient (Wildman–Crippen LogP) is 2.44. The number of benzene rings is 1. The molecule has 0 saturated heterocycles. The highest BCUT2D eigenvalue weighted by molar-refractivity contribution is 6.30. The Kier molecular flexibility index (Phi) is 5.84. The number of nitrogens with one attached hydrogen (secondary N) is 1. The van der Waals surface area contributed by atoms with Gasteiger partial charge in [0.15, 0.2) is 0 Å². The van der Waals surface area contributed by atoms with Gasteiger partial charge in [-0.05, 0) is 44.0 Å². The van der Waals surface area contributed by atoms with Crippen LogP contribution in [0.2, 0.25) is 5.02 Å². The fraction of sp³-hybridized carbons (Fsp3) is 0.318. The van der Waals surface area contributed by atoms with Crippen molar-refractivity contribution in [3.63, 3.8) is 0 Å². The Morgan fingerprint density at radius 2 is 2.00 bits per heavy atom. The van der Waals surface area contributed by atoms with Gasteiger partial charge >= 0.3 is 11.7 Å². The standard InChI is InChI=1S/C22H21ClN4O5/c1-3-32-21(30)15-10-16(12-7-8-12)25-19-18(15)20(29)27(22(31)26(19)2)11-17(28)24-14-6-4-5-13(23)9-14/h4-6,9-10,12H,3,7-8,11H2,1-2H3,(H,24,28). The molecule has 3 aromatic rings. The number of aromatic nitrogens is 3. The van der Waals surface area contributed by atoms with E-state index in [0.717, 1.165) is 17.4 Å². The Morgan fingerprint density at radius 3 is 2.66 bits per heavy atom. The average molecular weight is 457 g/mol. The summed E-state index contributed by atoms with van der Waals surface area (Å²) in [5.41, 5.74) is -0.272. The van der Waals surface area contributed by atoms with Gasteiger partial charge in [0.25, 0.3) is 5.56 Å². The number of esters is 1. The quantitative estimate of drug-likeness (QED) is 0.570. The molecule has 0 unspecified atom stereocenters. The van der Waals surface area contributed by atoms with Crippen LogP contribution in [-0.2, 0) is 23.1 Å². The van der Waals surface area contributed by atoms with Gasteiger partial charge in [-0.3, -0.25) is 18.7 Å². The number of hydrogen-bond acceptors (Lipinski definition) is 6. The van der Waals surface area contributed by atoms with Crippen LogP contribution in [-0.4, -0.2) is 32.6 Å². The number of hydrogen-bond donors (Lipinski definition) is 1. The normalized spacial score (nSPS) is 13.2. The van der Waals surface area contributed by atoms with Gasteiger partial charge in [-0.25, -0.2) is 14.6 Å². The number of rotatable bonds is 6. The first-order chi connectivity index (χ1) is 15.3. The summed E-state index contributed by atoms with van der Waals surface area (Å²) in [6.45, 7) is 1.25. The highest BCUT2D eigenvalue weighted by atomic mass is 35.5. The van der Waals surface area contributed by atoms with Gasteiger partial charge in [-0.1, -0.05) is 17.7 Å². The Labute approximate surface area is 187 Å². The highest BCUT2D eigenvalue weighted by Crippen LogP contribution is 2.39. The minimum absolute atomic E-state index is 0.0448. The molecule has 1 amide bonds. The number of carbonyl (C=O) groups excluding carboxylic acids is 2. The molecule has 166 valence electrons. The third kappa shape index (κ3) is 4.16. The van der Waals surface area contributed by atoms with Gasteiger partial charge in [0.2, 0.25) is 5.91 Å². The number of ether oxygens (including phenoxy) is 1. The van der Waals surface area contributed by atoms with Crippen LogP contribution >= 0.6 is 11.6 Å². The molecule has 0 atom stereocenters. The molecule has 4 rings (SSSR count). The van der Waals surface area contributed by atoms with Crippen LogP contribution in [0, 0.1) is 0 Å². The van der Waals surface area contributed by atoms with Gasteiger partial charge in [-0.2, -0.15) is 0 Å². The maximum atomic E-state index is 13.3. The summed E-state index contributed by atoms with van der Waals surface area (Å²) in [4.78, 5) is 55.9. The molecule has 1 aromatic carbocycles. The number of halogens is 1. The van der Waals surface area contributed by atoms with E-state index in [1.807, 2.05) is 0 Å². The Morgan fingerprint density at radius 1 is 1.25 bits per heavy atom. The van der Waals surface area contributed by atoms with Crippen molar-refractivity contribution in [2.75, 3.05) is 11.9 Å². The fourth-order valence-electron chi connectivity index (χ4n) is 3.51. The third-order valence-electron chi connectivity index (χ3n) is 5.22. The smallest absolute Gasteiger partial charge is 0.339 e. The molecule has 32 heavy (non-hydrogen) atoms. The topological polar surface area (TPSA) is 112 Å². The molecule has 0 aliphatic heterocycles. The van der Waals surface area contributed by atoms with Crippen LogP contribution in [0.25, 0.3) is 11.0 Å². The minimum Gasteiger partial charge on any atom is -0.462 e. The summed E-state index contributed by atoms with van der Waals surface area (Å²) < 4.78 is 7.09. The van der Waals surface area contributed by atoms with Crippen LogP contribution in [0.1, 0.15) is 41.7 Å². The van der Waals surface area contributed by atoms with Crippen molar-refractivity contribution in [1.82, 2.24) is 14.1 Å². The number of amides is 1. The monoisotopic (exact) mass is 456 g/mol. The molecule has 1 saturated carbocycles. The van der Waals surface area contributed by atoms with Crippen molar-refractivity contribution in [2.24, 2.45) is 7.05 Å². The molecule has 0 spiro atoms. The molecule has 1 aliphatic rings. The summed E-state index contributed by atoms with van der Waals surface area (Å²) in [5, 5.41) is 2.98. The summed E-state index contributed by atoms with van der Waals surface area (Å²) >= 11 is 5.93. The van der Waals surface area contributed by atoms with E-state index >= 15 is 0 Å². The number of fused-ring (bicyclic) bond motifs is 1. The van der Waals surface area contributed by atoms with E-state index < -0.39 is 29.7 Å². The first-order valence-corrected chi connectivity index (χ1v) is 10.5. The number of carbonyl (C=O) groups is 2. The van der Waals surface area contributed by atoms with Crippen LogP contribution < -0.4 is 16.6 Å². The van der Waals surface area contributed by atoms with E-state index in [-0.39, 0.29) is 29.1 Å². The van der Waals surface area contributed by atoms with Crippen LogP contribution in [0.4, 0.5) is 5.69 Å². The molecule has 2 heterocycles. The van der Waals surface area contributed by atoms with Gasteiger partial charge in [0.1, 0.15) is 12.2 Å². The lowest BCUT2D eigenvalue weighted by molar-refractivity contribution is -0.116. The predicted molar refractivity (Wildman–Crippen MR) is 119 cm³/mol. The van der Waals surface area contributed by atoms with Crippen molar-refractivity contribution >= 4 is 40.2 Å². The molecular weight excluding hydrogens is 436 g/mol. The minimum atomic E-state index is -0.776. The lowest BCUT2D eigenvalue weighted by Gasteiger charge is -2.14. The van der Waals surface area contributed by atoms with Crippen LogP contribution in [0.15, 0.2) is 39.9 Å². The van der Waals surface area contributed by atoms with E-state index in [2.05, 4.69) is 10.3 Å². The number of aryl methyl sites for hydroxylation is 1. The first-order valence-electron chi connectivity index (χ1n) is 10.2. The molecule has 1 aliphatic carbocycles. The van der Waals surface area contributed by atoms with Gasteiger partial charge < -0.3 is 10.1 Å². The van der Waals surface area contributed by atoms with Gasteiger partial charge in [-0.15, -0.1) is 0 Å². The van der Waals surface area contributed by atoms with E-state index in [0.29, 0.717) is 16.4 Å². The largest absolute Gasteiger partial charge is 0.462 e. The second-order valence-electron chi connectivity index (χ2n) is 7.58.